The number of nitrogens with zero attached hydrogens (tertiary/aromatic N) is 4. The van der Waals surface area contributed by atoms with Crippen molar-refractivity contribution in [1.82, 2.24) is 20.2 Å². The smallest absolute Gasteiger partial charge is 0.162 e. The highest BCUT2D eigenvalue weighted by molar-refractivity contribution is 5.75. The van der Waals surface area contributed by atoms with Crippen LogP contribution in [0.2, 0.25) is 0 Å². The molecule has 0 saturated carbocycles. The molecule has 14 heavy (non-hydrogen) atoms. The predicted molar refractivity (Wildman–Crippen MR) is 44.5 cm³/mol. The van der Waals surface area contributed by atoms with Crippen LogP contribution in [-0.4, -0.2) is 26.5 Å². The van der Waals surface area contributed by atoms with Crippen molar-refractivity contribution in [3.63, 3.8) is 0 Å². The highest BCUT2D eigenvalue weighted by atomic mass is 19.1. The summed E-state index contributed by atoms with van der Waals surface area (Å²) in [4.78, 5) is 11.4. The monoisotopic (exact) mass is 192 g/mol. The van der Waals surface area contributed by atoms with Crippen LogP contribution >= 0.6 is 0 Å². The molecule has 0 N–H and O–H groups in total. The average molecular weight is 192 g/mol. The molecule has 0 aliphatic heterocycles. The zero-order chi connectivity index (χ0) is 9.97. The molecule has 0 unspecified atom stereocenters. The van der Waals surface area contributed by atoms with Gasteiger partial charge in [0.2, 0.25) is 0 Å². The van der Waals surface area contributed by atoms with Crippen LogP contribution in [0.15, 0.2) is 24.5 Å². The molecule has 0 fully saturated rings. The fourth-order valence-electron chi connectivity index (χ4n) is 1.04. The molecular weight excluding hydrogens is 187 g/mol. The van der Waals surface area contributed by atoms with E-state index < -0.39 is 5.82 Å². The van der Waals surface area contributed by atoms with Crippen molar-refractivity contribution in [3.8, 4) is 5.69 Å². The Hall–Kier alpha value is -2.11. The minimum Gasteiger partial charge on any atom is -0.298 e. The zero-order valence-corrected chi connectivity index (χ0v) is 6.96. The maximum atomic E-state index is 13.3. The first-order valence-electron chi connectivity index (χ1n) is 3.79. The maximum absolute atomic E-state index is 13.3. The van der Waals surface area contributed by atoms with Gasteiger partial charge in [-0.25, -0.2) is 4.39 Å². The Labute approximate surface area is 78.2 Å². The number of rotatable bonds is 2. The van der Waals surface area contributed by atoms with E-state index in [1.165, 1.54) is 18.5 Å². The van der Waals surface area contributed by atoms with Gasteiger partial charge in [0.25, 0.3) is 0 Å². The fraction of sp³-hybridized carbons (Fsp3) is 0. The van der Waals surface area contributed by atoms with Crippen LogP contribution in [0.1, 0.15) is 10.4 Å². The number of benzene rings is 1. The second kappa shape index (κ2) is 3.33. The van der Waals surface area contributed by atoms with Crippen LogP contribution in [0.3, 0.4) is 0 Å². The van der Waals surface area contributed by atoms with E-state index in [1.807, 2.05) is 0 Å². The Morgan fingerprint density at radius 3 is 2.86 bits per heavy atom. The minimum absolute atomic E-state index is 0.160. The van der Waals surface area contributed by atoms with Crippen molar-refractivity contribution in [1.29, 1.82) is 0 Å². The molecule has 5 nitrogen and oxygen atoms in total. The number of tetrazole rings is 1. The van der Waals surface area contributed by atoms with Gasteiger partial charge in [0.1, 0.15) is 12.0 Å². The molecule has 70 valence electrons. The van der Waals surface area contributed by atoms with Crippen LogP contribution in [0.25, 0.3) is 5.69 Å². The Morgan fingerprint density at radius 1 is 1.43 bits per heavy atom. The highest BCUT2D eigenvalue weighted by Gasteiger charge is 2.06. The molecule has 2 aromatic rings. The third-order valence-corrected chi connectivity index (χ3v) is 1.67. The fourth-order valence-corrected chi connectivity index (χ4v) is 1.04. The van der Waals surface area contributed by atoms with E-state index in [2.05, 4.69) is 15.4 Å². The Bertz CT molecular complexity index is 454. The minimum atomic E-state index is -0.562. The molecule has 0 aliphatic carbocycles. The summed E-state index contributed by atoms with van der Waals surface area (Å²) < 4.78 is 13.3. The van der Waals surface area contributed by atoms with Gasteiger partial charge in [-0.15, -0.1) is 15.0 Å². The van der Waals surface area contributed by atoms with Crippen molar-refractivity contribution in [2.45, 2.75) is 0 Å². The standard InChI is InChI=1S/C8H5FN4O/c9-7-3-6(4-14)1-2-8(7)13-11-5-10-12-13/h1-5H. The number of halogens is 1. The van der Waals surface area contributed by atoms with Gasteiger partial charge >= 0.3 is 0 Å². The van der Waals surface area contributed by atoms with Crippen molar-refractivity contribution < 1.29 is 9.18 Å². The molecule has 0 atom stereocenters. The van der Waals surface area contributed by atoms with Gasteiger partial charge in [-0.3, -0.25) is 4.79 Å². The zero-order valence-electron chi connectivity index (χ0n) is 6.96. The van der Waals surface area contributed by atoms with Gasteiger partial charge in [-0.2, -0.15) is 0 Å². The summed E-state index contributed by atoms with van der Waals surface area (Å²) in [5, 5.41) is 10.6. The van der Waals surface area contributed by atoms with E-state index in [0.29, 0.717) is 6.29 Å². The SMILES string of the molecule is O=Cc1ccc(-n2ncnn2)c(F)c1. The average Bonchev–Trinajstić information content (AvgIpc) is 2.70. The largest absolute Gasteiger partial charge is 0.298 e. The molecule has 2 rings (SSSR count). The number of carbonyl (C=O) groups excluding carboxylic acids is 1. The molecule has 0 radical (unpaired) electrons. The lowest BCUT2D eigenvalue weighted by atomic mass is 10.2. The Kier molecular flexibility index (Phi) is 2.02. The van der Waals surface area contributed by atoms with Gasteiger partial charge in [-0.05, 0) is 23.4 Å². The first-order valence-corrected chi connectivity index (χ1v) is 3.79. The summed E-state index contributed by atoms with van der Waals surface area (Å²) >= 11 is 0. The van der Waals surface area contributed by atoms with E-state index >= 15 is 0 Å². The van der Waals surface area contributed by atoms with E-state index in [0.717, 1.165) is 10.9 Å². The Morgan fingerprint density at radius 2 is 2.29 bits per heavy atom. The summed E-state index contributed by atoms with van der Waals surface area (Å²) in [6.45, 7) is 0. The first kappa shape index (κ1) is 8.49. The maximum Gasteiger partial charge on any atom is 0.162 e. The van der Waals surface area contributed by atoms with Gasteiger partial charge in [0.15, 0.2) is 12.1 Å². The van der Waals surface area contributed by atoms with Crippen LogP contribution in [0, 0.1) is 5.82 Å². The third-order valence-electron chi connectivity index (χ3n) is 1.67. The van der Waals surface area contributed by atoms with E-state index in [9.17, 15) is 9.18 Å². The van der Waals surface area contributed by atoms with Crippen LogP contribution < -0.4 is 0 Å². The lowest BCUT2D eigenvalue weighted by Gasteiger charge is -1.99. The molecule has 0 aliphatic rings. The third kappa shape index (κ3) is 1.37. The Balaban J connectivity index is 2.51. The van der Waals surface area contributed by atoms with Crippen LogP contribution in [0.4, 0.5) is 4.39 Å². The van der Waals surface area contributed by atoms with Gasteiger partial charge < -0.3 is 0 Å². The summed E-state index contributed by atoms with van der Waals surface area (Å²) in [5.74, 6) is -0.562. The number of aromatic nitrogens is 4. The number of hydrogen-bond acceptors (Lipinski definition) is 4. The van der Waals surface area contributed by atoms with Crippen molar-refractivity contribution in [2.75, 3.05) is 0 Å². The molecule has 1 aromatic carbocycles. The van der Waals surface area contributed by atoms with E-state index in [4.69, 9.17) is 0 Å². The van der Waals surface area contributed by atoms with Gasteiger partial charge in [-0.1, -0.05) is 0 Å². The molecule has 1 heterocycles. The van der Waals surface area contributed by atoms with Crippen LogP contribution in [0.5, 0.6) is 0 Å². The predicted octanol–water partition coefficient (Wildman–Crippen LogP) is 0.614. The molecule has 0 amide bonds. The second-order valence-corrected chi connectivity index (χ2v) is 2.55. The summed E-state index contributed by atoms with van der Waals surface area (Å²) in [6.07, 6.45) is 1.77. The number of hydrogen-bond donors (Lipinski definition) is 0. The lowest BCUT2D eigenvalue weighted by Crippen LogP contribution is -2.02. The second-order valence-electron chi connectivity index (χ2n) is 2.55. The molecule has 6 heteroatoms. The molecule has 0 spiro atoms. The van der Waals surface area contributed by atoms with Crippen molar-refractivity contribution in [3.05, 3.63) is 35.9 Å². The lowest BCUT2D eigenvalue weighted by molar-refractivity contribution is 0.112. The summed E-state index contributed by atoms with van der Waals surface area (Å²) in [7, 11) is 0. The quantitative estimate of drug-likeness (QED) is 0.654. The van der Waals surface area contributed by atoms with E-state index in [-0.39, 0.29) is 11.3 Å². The molecule has 1 aromatic heterocycles. The number of carbonyl (C=O) groups is 1. The molecule has 0 bridgehead atoms. The molecular formula is C8H5FN4O. The number of aldehydes is 1. The van der Waals surface area contributed by atoms with Crippen LogP contribution in [-0.2, 0) is 0 Å². The first-order chi connectivity index (χ1) is 6.81. The summed E-state index contributed by atoms with van der Waals surface area (Å²) in [6, 6.07) is 4.02. The van der Waals surface area contributed by atoms with Crippen molar-refractivity contribution in [2.24, 2.45) is 0 Å². The van der Waals surface area contributed by atoms with Crippen molar-refractivity contribution >= 4 is 6.29 Å². The molecule has 0 saturated heterocycles. The summed E-state index contributed by atoms with van der Waals surface area (Å²) in [5.41, 5.74) is 0.430. The van der Waals surface area contributed by atoms with Gasteiger partial charge in [0, 0.05) is 5.56 Å². The van der Waals surface area contributed by atoms with E-state index in [1.54, 1.807) is 0 Å². The normalized spacial score (nSPS) is 10.1. The van der Waals surface area contributed by atoms with Gasteiger partial charge in [0.05, 0.1) is 0 Å². The topological polar surface area (TPSA) is 60.7 Å². The highest BCUT2D eigenvalue weighted by Crippen LogP contribution is 2.11.